The fourth-order valence-electron chi connectivity index (χ4n) is 2.62. The van der Waals surface area contributed by atoms with E-state index in [1.165, 1.54) is 0 Å². The maximum Gasteiger partial charge on any atom is 0.168 e. The first kappa shape index (κ1) is 11.7. The first-order chi connectivity index (χ1) is 6.35. The molecule has 0 aromatic rings. The minimum atomic E-state index is -0.479. The molecule has 0 amide bonds. The Morgan fingerprint density at radius 3 is 2.00 bits per heavy atom. The van der Waals surface area contributed by atoms with Crippen molar-refractivity contribution in [2.24, 2.45) is 10.8 Å². The zero-order chi connectivity index (χ0) is 11.0. The van der Waals surface area contributed by atoms with E-state index < -0.39 is 11.7 Å². The van der Waals surface area contributed by atoms with Gasteiger partial charge in [-0.15, -0.1) is 0 Å². The van der Waals surface area contributed by atoms with E-state index >= 15 is 0 Å². The van der Waals surface area contributed by atoms with E-state index in [-0.39, 0.29) is 11.2 Å². The molecule has 14 heavy (non-hydrogen) atoms. The van der Waals surface area contributed by atoms with E-state index in [4.69, 9.17) is 9.47 Å². The third kappa shape index (κ3) is 1.84. The first-order valence-electron chi connectivity index (χ1n) is 4.94. The van der Waals surface area contributed by atoms with Gasteiger partial charge in [-0.1, -0.05) is 13.8 Å². The lowest BCUT2D eigenvalue weighted by molar-refractivity contribution is -0.179. The van der Waals surface area contributed by atoms with Crippen LogP contribution < -0.4 is 0 Å². The summed E-state index contributed by atoms with van der Waals surface area (Å²) < 4.78 is 10.4. The summed E-state index contributed by atoms with van der Waals surface area (Å²) in [6.07, 6.45) is 1.02. The average molecular weight is 200 g/mol. The Morgan fingerprint density at radius 1 is 1.21 bits per heavy atom. The number of rotatable bonds is 3. The van der Waals surface area contributed by atoms with Crippen LogP contribution >= 0.6 is 0 Å². The van der Waals surface area contributed by atoms with Crippen LogP contribution in [0.1, 0.15) is 33.6 Å². The van der Waals surface area contributed by atoms with Crippen molar-refractivity contribution >= 4 is 5.78 Å². The summed E-state index contributed by atoms with van der Waals surface area (Å²) in [5, 5.41) is 0. The minimum Gasteiger partial charge on any atom is -0.355 e. The molecule has 1 fully saturated rings. The normalized spacial score (nSPS) is 31.4. The summed E-state index contributed by atoms with van der Waals surface area (Å²) in [6, 6.07) is 0. The Morgan fingerprint density at radius 2 is 1.71 bits per heavy atom. The molecule has 0 radical (unpaired) electrons. The number of ether oxygens (including phenoxy) is 2. The number of hydrogen-bond donors (Lipinski definition) is 0. The quantitative estimate of drug-likeness (QED) is 0.654. The molecular weight excluding hydrogens is 180 g/mol. The van der Waals surface area contributed by atoms with Crippen molar-refractivity contribution < 1.29 is 14.3 Å². The SMILES string of the molecule is COC(OC)[C@@]1(C)CC(C)(C)CC1=O. The van der Waals surface area contributed by atoms with Crippen LogP contribution in [0.4, 0.5) is 0 Å². The Bertz CT molecular complexity index is 231. The minimum absolute atomic E-state index is 0.0706. The predicted octanol–water partition coefficient (Wildman–Crippen LogP) is 2.00. The number of Topliss-reactive ketones (excluding diaryl/α,β-unsaturated/α-hetero) is 1. The van der Waals surface area contributed by atoms with Crippen molar-refractivity contribution in [1.29, 1.82) is 0 Å². The van der Waals surface area contributed by atoms with Gasteiger partial charge in [0.05, 0.1) is 5.41 Å². The summed E-state index contributed by atoms with van der Waals surface area (Å²) in [4.78, 5) is 11.9. The van der Waals surface area contributed by atoms with Crippen molar-refractivity contribution in [3.8, 4) is 0 Å². The largest absolute Gasteiger partial charge is 0.355 e. The lowest BCUT2D eigenvalue weighted by Gasteiger charge is -2.31. The molecule has 3 heteroatoms. The van der Waals surface area contributed by atoms with Gasteiger partial charge in [0, 0.05) is 20.6 Å². The van der Waals surface area contributed by atoms with Crippen LogP contribution in [0.5, 0.6) is 0 Å². The third-order valence-electron chi connectivity index (χ3n) is 3.07. The van der Waals surface area contributed by atoms with Crippen molar-refractivity contribution in [2.75, 3.05) is 14.2 Å². The van der Waals surface area contributed by atoms with E-state index in [0.717, 1.165) is 6.42 Å². The molecule has 0 heterocycles. The molecule has 0 saturated heterocycles. The fraction of sp³-hybridized carbons (Fsp3) is 0.909. The second kappa shape index (κ2) is 3.63. The molecule has 82 valence electrons. The van der Waals surface area contributed by atoms with Crippen LogP contribution in [0, 0.1) is 10.8 Å². The molecule has 3 nitrogen and oxygen atoms in total. The van der Waals surface area contributed by atoms with Gasteiger partial charge in [0.15, 0.2) is 6.29 Å². The number of methoxy groups -OCH3 is 2. The highest BCUT2D eigenvalue weighted by molar-refractivity contribution is 5.87. The first-order valence-corrected chi connectivity index (χ1v) is 4.94. The molecule has 0 spiro atoms. The lowest BCUT2D eigenvalue weighted by atomic mass is 9.82. The van der Waals surface area contributed by atoms with Crippen molar-refractivity contribution in [2.45, 2.75) is 39.9 Å². The van der Waals surface area contributed by atoms with E-state index in [0.29, 0.717) is 6.42 Å². The molecule has 1 aliphatic rings. The Balaban J connectivity index is 2.89. The summed E-state index contributed by atoms with van der Waals surface area (Å²) in [5.74, 6) is 0.246. The van der Waals surface area contributed by atoms with Gasteiger partial charge < -0.3 is 9.47 Å². The average Bonchev–Trinajstić information content (AvgIpc) is 2.23. The molecule has 1 saturated carbocycles. The van der Waals surface area contributed by atoms with E-state index in [1.807, 2.05) is 6.92 Å². The zero-order valence-corrected chi connectivity index (χ0v) is 9.72. The second-order valence-electron chi connectivity index (χ2n) is 5.16. The zero-order valence-electron chi connectivity index (χ0n) is 9.72. The molecule has 1 aliphatic carbocycles. The van der Waals surface area contributed by atoms with E-state index in [2.05, 4.69) is 13.8 Å². The van der Waals surface area contributed by atoms with Gasteiger partial charge in [-0.2, -0.15) is 0 Å². The topological polar surface area (TPSA) is 35.5 Å². The van der Waals surface area contributed by atoms with Gasteiger partial charge in [-0.25, -0.2) is 0 Å². The fourth-order valence-corrected chi connectivity index (χ4v) is 2.62. The van der Waals surface area contributed by atoms with Crippen molar-refractivity contribution in [3.05, 3.63) is 0 Å². The standard InChI is InChI=1S/C11H20O3/c1-10(2)6-8(12)11(3,7-10)9(13-4)14-5/h9H,6-7H2,1-5H3/t11-/m0/s1. The van der Waals surface area contributed by atoms with E-state index in [1.54, 1.807) is 14.2 Å². The maximum atomic E-state index is 11.9. The number of hydrogen-bond acceptors (Lipinski definition) is 3. The van der Waals surface area contributed by atoms with Gasteiger partial charge >= 0.3 is 0 Å². The summed E-state index contributed by atoms with van der Waals surface area (Å²) in [7, 11) is 3.16. The van der Waals surface area contributed by atoms with Crippen LogP contribution in [-0.4, -0.2) is 26.3 Å². The Hall–Kier alpha value is -0.410. The van der Waals surface area contributed by atoms with Crippen LogP contribution in [0.2, 0.25) is 0 Å². The van der Waals surface area contributed by atoms with Crippen LogP contribution in [0.25, 0.3) is 0 Å². The second-order valence-corrected chi connectivity index (χ2v) is 5.16. The van der Waals surface area contributed by atoms with Crippen LogP contribution in [0.15, 0.2) is 0 Å². The van der Waals surface area contributed by atoms with Crippen molar-refractivity contribution in [1.82, 2.24) is 0 Å². The van der Waals surface area contributed by atoms with Crippen molar-refractivity contribution in [3.63, 3.8) is 0 Å². The summed E-state index contributed by atoms with van der Waals surface area (Å²) >= 11 is 0. The summed E-state index contributed by atoms with van der Waals surface area (Å²) in [6.45, 7) is 6.15. The molecule has 0 aromatic carbocycles. The molecular formula is C11H20O3. The van der Waals surface area contributed by atoms with Gasteiger partial charge in [0.2, 0.25) is 0 Å². The van der Waals surface area contributed by atoms with Gasteiger partial charge in [0.25, 0.3) is 0 Å². The van der Waals surface area contributed by atoms with Crippen LogP contribution in [0.3, 0.4) is 0 Å². The molecule has 0 aliphatic heterocycles. The number of ketones is 1. The number of carbonyl (C=O) groups is 1. The Labute approximate surface area is 85.8 Å². The van der Waals surface area contributed by atoms with Gasteiger partial charge in [0.1, 0.15) is 5.78 Å². The predicted molar refractivity (Wildman–Crippen MR) is 53.9 cm³/mol. The molecule has 0 N–H and O–H groups in total. The van der Waals surface area contributed by atoms with Gasteiger partial charge in [-0.05, 0) is 18.8 Å². The molecule has 1 atom stereocenters. The smallest absolute Gasteiger partial charge is 0.168 e. The highest BCUT2D eigenvalue weighted by Gasteiger charge is 2.52. The van der Waals surface area contributed by atoms with E-state index in [9.17, 15) is 4.79 Å². The van der Waals surface area contributed by atoms with Crippen LogP contribution in [-0.2, 0) is 14.3 Å². The summed E-state index contributed by atoms with van der Waals surface area (Å²) in [5.41, 5.74) is -0.409. The molecule has 0 bridgehead atoms. The highest BCUT2D eigenvalue weighted by Crippen LogP contribution is 2.48. The molecule has 0 unspecified atom stereocenters. The maximum absolute atomic E-state index is 11.9. The third-order valence-corrected chi connectivity index (χ3v) is 3.07. The highest BCUT2D eigenvalue weighted by atomic mass is 16.7. The molecule has 0 aromatic heterocycles. The van der Waals surface area contributed by atoms with Gasteiger partial charge in [-0.3, -0.25) is 4.79 Å². The molecule has 1 rings (SSSR count). The lowest BCUT2D eigenvalue weighted by Crippen LogP contribution is -2.39. The number of carbonyl (C=O) groups excluding carboxylic acids is 1. The Kier molecular flexibility index (Phi) is 3.02. The monoisotopic (exact) mass is 200 g/mol.